The smallest absolute Gasteiger partial charge is 0.241 e. The van der Waals surface area contributed by atoms with E-state index in [0.717, 1.165) is 29.9 Å². The zero-order valence-electron chi connectivity index (χ0n) is 14.9. The third-order valence-corrected chi connectivity index (χ3v) is 4.18. The lowest BCUT2D eigenvalue weighted by Crippen LogP contribution is -2.46. The molecule has 2 rings (SSSR count). The average Bonchev–Trinajstić information content (AvgIpc) is 3.12. The number of amides is 1. The number of halogens is 1. The summed E-state index contributed by atoms with van der Waals surface area (Å²) < 4.78 is 5.17. The minimum atomic E-state index is 0. The van der Waals surface area contributed by atoms with Gasteiger partial charge in [0.1, 0.15) is 5.76 Å². The van der Waals surface area contributed by atoms with Gasteiger partial charge in [0.15, 0.2) is 5.96 Å². The molecule has 0 aromatic carbocycles. The molecule has 0 saturated heterocycles. The van der Waals surface area contributed by atoms with Crippen LogP contribution < -0.4 is 10.6 Å². The van der Waals surface area contributed by atoms with Gasteiger partial charge in [0.25, 0.3) is 0 Å². The normalized spacial score (nSPS) is 15.1. The van der Waals surface area contributed by atoms with Crippen molar-refractivity contribution in [3.63, 3.8) is 0 Å². The number of guanidine groups is 1. The molecule has 7 nitrogen and oxygen atoms in total. The molecule has 0 bridgehead atoms. The summed E-state index contributed by atoms with van der Waals surface area (Å²) in [6.45, 7) is 4.51. The number of hydrogen-bond acceptors (Lipinski definition) is 4. The number of carbonyl (C=O) groups excluding carboxylic acids is 1. The van der Waals surface area contributed by atoms with Crippen molar-refractivity contribution in [3.05, 3.63) is 17.0 Å². The first kappa shape index (κ1) is 20.7. The van der Waals surface area contributed by atoms with Crippen molar-refractivity contribution in [1.29, 1.82) is 0 Å². The molecule has 1 fully saturated rings. The number of aromatic nitrogens is 1. The lowest BCUT2D eigenvalue weighted by molar-refractivity contribution is -0.127. The molecule has 1 aromatic rings. The van der Waals surface area contributed by atoms with Crippen molar-refractivity contribution >= 4 is 35.8 Å². The molecule has 2 N–H and O–H groups in total. The number of carbonyl (C=O) groups is 1. The van der Waals surface area contributed by atoms with Gasteiger partial charge in [-0.15, -0.1) is 24.0 Å². The van der Waals surface area contributed by atoms with Gasteiger partial charge in [0.05, 0.1) is 18.8 Å². The monoisotopic (exact) mass is 449 g/mol. The van der Waals surface area contributed by atoms with Crippen LogP contribution in [-0.4, -0.2) is 48.6 Å². The highest BCUT2D eigenvalue weighted by Gasteiger charge is 2.17. The highest BCUT2D eigenvalue weighted by molar-refractivity contribution is 14.0. The fourth-order valence-corrected chi connectivity index (χ4v) is 2.62. The molecule has 136 valence electrons. The summed E-state index contributed by atoms with van der Waals surface area (Å²) in [7, 11) is 3.49. The summed E-state index contributed by atoms with van der Waals surface area (Å²) >= 11 is 0. The van der Waals surface area contributed by atoms with Crippen LogP contribution in [0.25, 0.3) is 0 Å². The van der Waals surface area contributed by atoms with Gasteiger partial charge in [-0.2, -0.15) is 0 Å². The molecule has 8 heteroatoms. The Morgan fingerprint density at radius 1 is 1.33 bits per heavy atom. The van der Waals surface area contributed by atoms with Crippen molar-refractivity contribution < 1.29 is 9.32 Å². The molecule has 1 aliphatic carbocycles. The van der Waals surface area contributed by atoms with E-state index in [9.17, 15) is 4.79 Å². The summed E-state index contributed by atoms with van der Waals surface area (Å²) in [4.78, 5) is 18.0. The van der Waals surface area contributed by atoms with Crippen LogP contribution in [0.4, 0.5) is 0 Å². The Hall–Kier alpha value is -1.32. The number of hydrogen-bond donors (Lipinski definition) is 2. The Morgan fingerprint density at radius 3 is 2.54 bits per heavy atom. The predicted molar refractivity (Wildman–Crippen MR) is 105 cm³/mol. The number of nitrogens with one attached hydrogen (secondary N) is 2. The summed E-state index contributed by atoms with van der Waals surface area (Å²) in [6.07, 6.45) is 4.78. The molecule has 0 spiro atoms. The van der Waals surface area contributed by atoms with Gasteiger partial charge in [-0.25, -0.2) is 4.99 Å². The molecular weight excluding hydrogens is 421 g/mol. The van der Waals surface area contributed by atoms with Crippen LogP contribution in [0.2, 0.25) is 0 Å². The Labute approximate surface area is 160 Å². The van der Waals surface area contributed by atoms with Crippen molar-refractivity contribution in [2.24, 2.45) is 4.99 Å². The second-order valence-corrected chi connectivity index (χ2v) is 6.23. The van der Waals surface area contributed by atoms with E-state index in [1.807, 2.05) is 13.8 Å². The zero-order chi connectivity index (χ0) is 16.8. The van der Waals surface area contributed by atoms with Crippen LogP contribution in [0, 0.1) is 13.8 Å². The van der Waals surface area contributed by atoms with Crippen LogP contribution in [0.5, 0.6) is 0 Å². The van der Waals surface area contributed by atoms with E-state index in [0.29, 0.717) is 18.5 Å². The minimum Gasteiger partial charge on any atom is -0.361 e. The van der Waals surface area contributed by atoms with Crippen LogP contribution >= 0.6 is 24.0 Å². The van der Waals surface area contributed by atoms with Crippen molar-refractivity contribution in [2.45, 2.75) is 52.1 Å². The topological polar surface area (TPSA) is 82.8 Å². The molecule has 24 heavy (non-hydrogen) atoms. The summed E-state index contributed by atoms with van der Waals surface area (Å²) in [5, 5.41) is 10.5. The summed E-state index contributed by atoms with van der Waals surface area (Å²) in [5.41, 5.74) is 1.85. The zero-order valence-corrected chi connectivity index (χ0v) is 17.2. The van der Waals surface area contributed by atoms with E-state index in [-0.39, 0.29) is 36.4 Å². The third-order valence-electron chi connectivity index (χ3n) is 4.18. The van der Waals surface area contributed by atoms with Crippen LogP contribution in [0.15, 0.2) is 9.52 Å². The highest BCUT2D eigenvalue weighted by Crippen LogP contribution is 2.17. The number of aryl methyl sites for hydroxylation is 2. The van der Waals surface area contributed by atoms with Crippen molar-refractivity contribution in [2.75, 3.05) is 20.6 Å². The Morgan fingerprint density at radius 2 is 2.00 bits per heavy atom. The van der Waals surface area contributed by atoms with Gasteiger partial charge in [-0.05, 0) is 26.7 Å². The van der Waals surface area contributed by atoms with Crippen LogP contribution in [0.3, 0.4) is 0 Å². The minimum absolute atomic E-state index is 0. The number of nitrogens with zero attached hydrogens (tertiary/aromatic N) is 3. The first-order valence-electron chi connectivity index (χ1n) is 8.14. The Bertz CT molecular complexity index is 545. The SMILES string of the molecule is Cc1noc(C)c1CN=C(NCC(=O)N(C)C)NC1CCCC1.I. The van der Waals surface area contributed by atoms with Crippen molar-refractivity contribution in [3.8, 4) is 0 Å². The maximum atomic E-state index is 11.8. The van der Waals surface area contributed by atoms with Gasteiger partial charge >= 0.3 is 0 Å². The third kappa shape index (κ3) is 5.95. The maximum Gasteiger partial charge on any atom is 0.241 e. The first-order valence-corrected chi connectivity index (χ1v) is 8.14. The van der Waals surface area contributed by atoms with E-state index in [4.69, 9.17) is 4.52 Å². The van der Waals surface area contributed by atoms with Gasteiger partial charge < -0.3 is 20.1 Å². The quantitative estimate of drug-likeness (QED) is 0.408. The molecule has 1 amide bonds. The molecule has 1 heterocycles. The molecular formula is C16H28IN5O2. The molecule has 1 saturated carbocycles. The van der Waals surface area contributed by atoms with E-state index >= 15 is 0 Å². The van der Waals surface area contributed by atoms with Gasteiger partial charge in [-0.1, -0.05) is 18.0 Å². The standard InChI is InChI=1S/C16H27N5O2.HI/c1-11-14(12(2)23-20-11)9-17-16(18-10-15(22)21(3)4)19-13-7-5-6-8-13;/h13H,5-10H2,1-4H3,(H2,17,18,19);1H. The lowest BCUT2D eigenvalue weighted by atomic mass is 10.2. The summed E-state index contributed by atoms with van der Waals surface area (Å²) in [6, 6.07) is 0.431. The van der Waals surface area contributed by atoms with Crippen molar-refractivity contribution in [1.82, 2.24) is 20.7 Å². The van der Waals surface area contributed by atoms with Gasteiger partial charge in [-0.3, -0.25) is 4.79 Å². The van der Waals surface area contributed by atoms with Gasteiger partial charge in [0.2, 0.25) is 5.91 Å². The fourth-order valence-electron chi connectivity index (χ4n) is 2.62. The molecule has 1 aromatic heterocycles. The Kier molecular flexibility index (Phi) is 8.51. The highest BCUT2D eigenvalue weighted by atomic mass is 127. The second kappa shape index (κ2) is 9.85. The van der Waals surface area contributed by atoms with E-state index < -0.39 is 0 Å². The number of likely N-dealkylation sites (N-methyl/N-ethyl adjacent to an activating group) is 1. The Balaban J connectivity index is 0.00000288. The van der Waals surface area contributed by atoms with Gasteiger partial charge in [0, 0.05) is 25.7 Å². The average molecular weight is 449 g/mol. The largest absolute Gasteiger partial charge is 0.361 e. The molecule has 1 aliphatic rings. The lowest BCUT2D eigenvalue weighted by Gasteiger charge is -2.18. The summed E-state index contributed by atoms with van der Waals surface area (Å²) in [5.74, 6) is 1.48. The van der Waals surface area contributed by atoms with Crippen LogP contribution in [0.1, 0.15) is 42.7 Å². The number of rotatable bonds is 5. The molecule has 0 unspecified atom stereocenters. The van der Waals surface area contributed by atoms with E-state index in [2.05, 4.69) is 20.8 Å². The first-order chi connectivity index (χ1) is 11.0. The number of aliphatic imine (C=N–C) groups is 1. The molecule has 0 aliphatic heterocycles. The molecule has 0 radical (unpaired) electrons. The predicted octanol–water partition coefficient (Wildman–Crippen LogP) is 1.98. The van der Waals surface area contributed by atoms with E-state index in [1.54, 1.807) is 19.0 Å². The maximum absolute atomic E-state index is 11.8. The molecule has 0 atom stereocenters. The second-order valence-electron chi connectivity index (χ2n) is 6.23. The van der Waals surface area contributed by atoms with E-state index in [1.165, 1.54) is 12.8 Å². The van der Waals surface area contributed by atoms with Crippen LogP contribution in [-0.2, 0) is 11.3 Å². The fraction of sp³-hybridized carbons (Fsp3) is 0.688.